The van der Waals surface area contributed by atoms with Gasteiger partial charge in [0.05, 0.1) is 6.10 Å². The van der Waals surface area contributed by atoms with Gasteiger partial charge in [0, 0.05) is 24.6 Å². The fourth-order valence-electron chi connectivity index (χ4n) is 1.61. The molecule has 1 rings (SSSR count). The fourth-order valence-corrected chi connectivity index (χ4v) is 1.61. The van der Waals surface area contributed by atoms with E-state index in [-0.39, 0.29) is 11.9 Å². The lowest BCUT2D eigenvalue weighted by Gasteiger charge is -2.10. The van der Waals surface area contributed by atoms with Gasteiger partial charge in [0.15, 0.2) is 5.78 Å². The molecule has 1 aromatic rings. The smallest absolute Gasteiger partial charge is 0.164 e. The second-order valence-electron chi connectivity index (χ2n) is 4.97. The first kappa shape index (κ1) is 14.7. The maximum atomic E-state index is 11.9. The normalized spacial score (nSPS) is 11.0. The van der Waals surface area contributed by atoms with Crippen molar-refractivity contribution in [2.24, 2.45) is 0 Å². The van der Waals surface area contributed by atoms with Crippen LogP contribution in [-0.4, -0.2) is 24.5 Å². The number of hydrogen-bond acceptors (Lipinski definition) is 3. The van der Waals surface area contributed by atoms with Gasteiger partial charge in [-0.1, -0.05) is 13.8 Å². The van der Waals surface area contributed by atoms with Crippen LogP contribution in [0, 0.1) is 0 Å². The molecule has 0 spiro atoms. The molecule has 1 aromatic carbocycles. The standard InChI is InChI=1S/C15H23NO2/c1-11(2)16-10-9-15(17)13-5-7-14(8-6-13)18-12(3)4/h5-8,11-12,16H,9-10H2,1-4H3. The first-order valence-electron chi connectivity index (χ1n) is 6.52. The van der Waals surface area contributed by atoms with Crippen molar-refractivity contribution in [2.45, 2.75) is 46.3 Å². The zero-order valence-electron chi connectivity index (χ0n) is 11.7. The summed E-state index contributed by atoms with van der Waals surface area (Å²) >= 11 is 0. The molecule has 0 fully saturated rings. The van der Waals surface area contributed by atoms with Gasteiger partial charge in [0.2, 0.25) is 0 Å². The minimum atomic E-state index is 0.154. The largest absolute Gasteiger partial charge is 0.491 e. The van der Waals surface area contributed by atoms with Crippen molar-refractivity contribution in [3.05, 3.63) is 29.8 Å². The highest BCUT2D eigenvalue weighted by Crippen LogP contribution is 2.14. The maximum absolute atomic E-state index is 11.9. The summed E-state index contributed by atoms with van der Waals surface area (Å²) in [5, 5.41) is 3.24. The molecule has 1 N–H and O–H groups in total. The van der Waals surface area contributed by atoms with E-state index in [0.29, 0.717) is 12.5 Å². The molecule has 100 valence electrons. The molecule has 0 aliphatic rings. The number of nitrogens with one attached hydrogen (secondary N) is 1. The number of rotatable bonds is 7. The van der Waals surface area contributed by atoms with Gasteiger partial charge in [-0.2, -0.15) is 0 Å². The van der Waals surface area contributed by atoms with Gasteiger partial charge in [-0.3, -0.25) is 4.79 Å². The number of benzene rings is 1. The van der Waals surface area contributed by atoms with Gasteiger partial charge in [-0.05, 0) is 38.1 Å². The summed E-state index contributed by atoms with van der Waals surface area (Å²) in [5.74, 6) is 0.973. The molecule has 0 unspecified atom stereocenters. The Morgan fingerprint density at radius 1 is 1.17 bits per heavy atom. The molecule has 0 heterocycles. The summed E-state index contributed by atoms with van der Waals surface area (Å²) < 4.78 is 5.54. The molecule has 18 heavy (non-hydrogen) atoms. The summed E-state index contributed by atoms with van der Waals surface area (Å²) in [4.78, 5) is 11.9. The molecule has 0 saturated carbocycles. The van der Waals surface area contributed by atoms with Gasteiger partial charge in [-0.25, -0.2) is 0 Å². The number of hydrogen-bond donors (Lipinski definition) is 1. The maximum Gasteiger partial charge on any atom is 0.164 e. The highest BCUT2D eigenvalue weighted by Gasteiger charge is 2.06. The van der Waals surface area contributed by atoms with Crippen LogP contribution < -0.4 is 10.1 Å². The zero-order chi connectivity index (χ0) is 13.5. The Hall–Kier alpha value is -1.35. The number of Topliss-reactive ketones (excluding diaryl/α,β-unsaturated/α-hetero) is 1. The number of carbonyl (C=O) groups excluding carboxylic acids is 1. The van der Waals surface area contributed by atoms with Crippen molar-refractivity contribution in [3.8, 4) is 5.75 Å². The monoisotopic (exact) mass is 249 g/mol. The minimum Gasteiger partial charge on any atom is -0.491 e. The van der Waals surface area contributed by atoms with E-state index in [1.54, 1.807) is 0 Å². The van der Waals surface area contributed by atoms with E-state index < -0.39 is 0 Å². The average molecular weight is 249 g/mol. The Morgan fingerprint density at radius 3 is 2.28 bits per heavy atom. The van der Waals surface area contributed by atoms with E-state index in [1.165, 1.54) is 0 Å². The first-order valence-corrected chi connectivity index (χ1v) is 6.52. The summed E-state index contributed by atoms with van der Waals surface area (Å²) in [6.45, 7) is 8.83. The van der Waals surface area contributed by atoms with Gasteiger partial charge >= 0.3 is 0 Å². The molecule has 0 aromatic heterocycles. The molecular weight excluding hydrogens is 226 g/mol. The number of carbonyl (C=O) groups is 1. The second kappa shape index (κ2) is 7.17. The molecular formula is C15H23NO2. The Labute approximate surface area is 110 Å². The summed E-state index contributed by atoms with van der Waals surface area (Å²) in [7, 11) is 0. The van der Waals surface area contributed by atoms with Crippen LogP contribution in [0.2, 0.25) is 0 Å². The van der Waals surface area contributed by atoms with Crippen LogP contribution in [0.25, 0.3) is 0 Å². The molecule has 3 nitrogen and oxygen atoms in total. The summed E-state index contributed by atoms with van der Waals surface area (Å²) in [5.41, 5.74) is 0.747. The molecule has 3 heteroatoms. The first-order chi connectivity index (χ1) is 8.49. The van der Waals surface area contributed by atoms with Crippen molar-refractivity contribution in [1.29, 1.82) is 0 Å². The van der Waals surface area contributed by atoms with Crippen molar-refractivity contribution in [1.82, 2.24) is 5.32 Å². The molecule has 0 aliphatic heterocycles. The lowest BCUT2D eigenvalue weighted by atomic mass is 10.1. The third kappa shape index (κ3) is 5.32. The van der Waals surface area contributed by atoms with Crippen LogP contribution in [0.1, 0.15) is 44.5 Å². The average Bonchev–Trinajstić information content (AvgIpc) is 2.28. The highest BCUT2D eigenvalue weighted by molar-refractivity contribution is 5.96. The van der Waals surface area contributed by atoms with E-state index in [1.807, 2.05) is 38.1 Å². The Bertz CT molecular complexity index is 369. The Kier molecular flexibility index (Phi) is 5.86. The predicted octanol–water partition coefficient (Wildman–Crippen LogP) is 3.04. The van der Waals surface area contributed by atoms with E-state index in [2.05, 4.69) is 19.2 Å². The van der Waals surface area contributed by atoms with Crippen molar-refractivity contribution >= 4 is 5.78 Å². The lowest BCUT2D eigenvalue weighted by molar-refractivity contribution is 0.0982. The SMILES string of the molecule is CC(C)NCCC(=O)c1ccc(OC(C)C)cc1. The molecule has 0 aliphatic carbocycles. The van der Waals surface area contributed by atoms with Crippen molar-refractivity contribution < 1.29 is 9.53 Å². The highest BCUT2D eigenvalue weighted by atomic mass is 16.5. The van der Waals surface area contributed by atoms with Crippen LogP contribution in [0.3, 0.4) is 0 Å². The number of ketones is 1. The van der Waals surface area contributed by atoms with E-state index in [9.17, 15) is 4.79 Å². The Morgan fingerprint density at radius 2 is 1.78 bits per heavy atom. The van der Waals surface area contributed by atoms with E-state index in [0.717, 1.165) is 17.9 Å². The molecule has 0 radical (unpaired) electrons. The van der Waals surface area contributed by atoms with Crippen LogP contribution in [0.4, 0.5) is 0 Å². The van der Waals surface area contributed by atoms with E-state index >= 15 is 0 Å². The fraction of sp³-hybridized carbons (Fsp3) is 0.533. The number of ether oxygens (including phenoxy) is 1. The lowest BCUT2D eigenvalue weighted by Crippen LogP contribution is -2.25. The predicted molar refractivity (Wildman–Crippen MR) is 74.3 cm³/mol. The van der Waals surface area contributed by atoms with Crippen LogP contribution in [-0.2, 0) is 0 Å². The summed E-state index contributed by atoms with van der Waals surface area (Å²) in [6.07, 6.45) is 0.685. The second-order valence-corrected chi connectivity index (χ2v) is 4.97. The molecule has 0 saturated heterocycles. The van der Waals surface area contributed by atoms with Gasteiger partial charge in [0.25, 0.3) is 0 Å². The van der Waals surface area contributed by atoms with E-state index in [4.69, 9.17) is 4.74 Å². The third-order valence-corrected chi connectivity index (χ3v) is 2.45. The van der Waals surface area contributed by atoms with Crippen LogP contribution in [0.15, 0.2) is 24.3 Å². The summed E-state index contributed by atoms with van der Waals surface area (Å²) in [6, 6.07) is 7.77. The molecule has 0 atom stereocenters. The quantitative estimate of drug-likeness (QED) is 0.755. The van der Waals surface area contributed by atoms with Gasteiger partial charge in [0.1, 0.15) is 5.75 Å². The zero-order valence-corrected chi connectivity index (χ0v) is 11.7. The van der Waals surface area contributed by atoms with Crippen LogP contribution in [0.5, 0.6) is 5.75 Å². The van der Waals surface area contributed by atoms with Gasteiger partial charge in [-0.15, -0.1) is 0 Å². The minimum absolute atomic E-state index is 0.154. The van der Waals surface area contributed by atoms with Crippen LogP contribution >= 0.6 is 0 Å². The molecule has 0 amide bonds. The third-order valence-electron chi connectivity index (χ3n) is 2.45. The van der Waals surface area contributed by atoms with Crippen molar-refractivity contribution in [3.63, 3.8) is 0 Å². The van der Waals surface area contributed by atoms with Gasteiger partial charge < -0.3 is 10.1 Å². The Balaban J connectivity index is 2.48. The topological polar surface area (TPSA) is 38.3 Å². The van der Waals surface area contributed by atoms with Crippen molar-refractivity contribution in [2.75, 3.05) is 6.54 Å². The molecule has 0 bridgehead atoms.